The summed E-state index contributed by atoms with van der Waals surface area (Å²) in [5.74, 6) is -0.305. The molecule has 0 aromatic carbocycles. The van der Waals surface area contributed by atoms with E-state index in [1.165, 1.54) is 7.11 Å². The first kappa shape index (κ1) is 14.6. The Hall–Kier alpha value is -1.42. The Kier molecular flexibility index (Phi) is 5.78. The minimum atomic E-state index is -0.165. The van der Waals surface area contributed by atoms with Crippen molar-refractivity contribution in [1.82, 2.24) is 9.88 Å². The van der Waals surface area contributed by atoms with Crippen molar-refractivity contribution in [3.05, 3.63) is 30.1 Å². The highest BCUT2D eigenvalue weighted by Gasteiger charge is 2.25. The molecule has 0 spiro atoms. The fourth-order valence-electron chi connectivity index (χ4n) is 1.94. The van der Waals surface area contributed by atoms with E-state index in [-0.39, 0.29) is 17.9 Å². The van der Waals surface area contributed by atoms with Gasteiger partial charge in [-0.2, -0.15) is 0 Å². The monoisotopic (exact) mass is 250 g/mol. The van der Waals surface area contributed by atoms with Gasteiger partial charge in [0.25, 0.3) is 0 Å². The number of hydrogen-bond acceptors (Lipinski definition) is 4. The molecule has 1 aromatic rings. The van der Waals surface area contributed by atoms with E-state index in [1.807, 2.05) is 32.0 Å². The number of carbonyl (C=O) groups is 1. The zero-order valence-corrected chi connectivity index (χ0v) is 11.6. The highest BCUT2D eigenvalue weighted by molar-refractivity contribution is 5.72. The first-order valence-corrected chi connectivity index (χ1v) is 6.32. The molecule has 4 heteroatoms. The van der Waals surface area contributed by atoms with Gasteiger partial charge in [-0.25, -0.2) is 0 Å². The van der Waals surface area contributed by atoms with Crippen molar-refractivity contribution in [2.45, 2.75) is 33.4 Å². The van der Waals surface area contributed by atoms with Gasteiger partial charge in [-0.3, -0.25) is 14.7 Å². The van der Waals surface area contributed by atoms with Crippen LogP contribution in [0.15, 0.2) is 24.4 Å². The summed E-state index contributed by atoms with van der Waals surface area (Å²) in [5, 5.41) is 0. The van der Waals surface area contributed by atoms with Crippen LogP contribution in [0, 0.1) is 5.92 Å². The van der Waals surface area contributed by atoms with Gasteiger partial charge < -0.3 is 4.74 Å². The second-order valence-corrected chi connectivity index (χ2v) is 4.44. The second kappa shape index (κ2) is 7.11. The smallest absolute Gasteiger partial charge is 0.309 e. The van der Waals surface area contributed by atoms with Gasteiger partial charge in [-0.05, 0) is 25.6 Å². The predicted octanol–water partition coefficient (Wildman–Crippen LogP) is 2.10. The van der Waals surface area contributed by atoms with E-state index in [4.69, 9.17) is 4.74 Å². The second-order valence-electron chi connectivity index (χ2n) is 4.44. The fraction of sp³-hybridized carbons (Fsp3) is 0.571. The predicted molar refractivity (Wildman–Crippen MR) is 71.0 cm³/mol. The summed E-state index contributed by atoms with van der Waals surface area (Å²) in [6, 6.07) is 6.01. The van der Waals surface area contributed by atoms with Crippen LogP contribution in [0.3, 0.4) is 0 Å². The molecule has 1 heterocycles. The van der Waals surface area contributed by atoms with Crippen molar-refractivity contribution in [3.8, 4) is 0 Å². The zero-order valence-electron chi connectivity index (χ0n) is 11.6. The number of hydrogen-bond donors (Lipinski definition) is 0. The van der Waals surface area contributed by atoms with E-state index in [2.05, 4.69) is 16.8 Å². The largest absolute Gasteiger partial charge is 0.469 e. The zero-order chi connectivity index (χ0) is 13.5. The summed E-state index contributed by atoms with van der Waals surface area (Å²) in [6.45, 7) is 7.66. The topological polar surface area (TPSA) is 42.4 Å². The summed E-state index contributed by atoms with van der Waals surface area (Å²) in [5.41, 5.74) is 1.02. The third-order valence-electron chi connectivity index (χ3n) is 3.37. The lowest BCUT2D eigenvalue weighted by Gasteiger charge is -2.30. The molecule has 1 aromatic heterocycles. The Morgan fingerprint density at radius 3 is 2.67 bits per heavy atom. The first-order valence-electron chi connectivity index (χ1n) is 6.32. The van der Waals surface area contributed by atoms with Crippen molar-refractivity contribution < 1.29 is 9.53 Å². The Morgan fingerprint density at radius 2 is 2.17 bits per heavy atom. The van der Waals surface area contributed by atoms with E-state index >= 15 is 0 Å². The van der Waals surface area contributed by atoms with Gasteiger partial charge >= 0.3 is 5.97 Å². The molecular weight excluding hydrogens is 228 g/mol. The maximum atomic E-state index is 11.6. The highest BCUT2D eigenvalue weighted by atomic mass is 16.5. The van der Waals surface area contributed by atoms with Crippen LogP contribution in [0.4, 0.5) is 0 Å². The summed E-state index contributed by atoms with van der Waals surface area (Å²) in [4.78, 5) is 18.1. The Balaban J connectivity index is 2.68. The van der Waals surface area contributed by atoms with E-state index in [1.54, 1.807) is 6.20 Å². The number of carbonyl (C=O) groups excluding carboxylic acids is 1. The molecule has 0 bridgehead atoms. The molecule has 1 rings (SSSR count). The summed E-state index contributed by atoms with van der Waals surface area (Å²) < 4.78 is 4.80. The van der Waals surface area contributed by atoms with Gasteiger partial charge in [-0.15, -0.1) is 0 Å². The molecule has 0 fully saturated rings. The van der Waals surface area contributed by atoms with Crippen molar-refractivity contribution in [3.63, 3.8) is 0 Å². The van der Waals surface area contributed by atoms with E-state index in [9.17, 15) is 4.79 Å². The number of ether oxygens (including phenoxy) is 1. The molecule has 100 valence electrons. The summed E-state index contributed by atoms with van der Waals surface area (Å²) in [6.07, 6.45) is 1.79. The van der Waals surface area contributed by atoms with E-state index < -0.39 is 0 Å². The maximum Gasteiger partial charge on any atom is 0.309 e. The molecular formula is C14H22N2O2. The van der Waals surface area contributed by atoms with Gasteiger partial charge in [-0.1, -0.05) is 19.9 Å². The Morgan fingerprint density at radius 1 is 1.44 bits per heavy atom. The average Bonchev–Trinajstić information content (AvgIpc) is 2.43. The third-order valence-corrected chi connectivity index (χ3v) is 3.37. The van der Waals surface area contributed by atoms with Crippen molar-refractivity contribution in [2.75, 3.05) is 13.7 Å². The van der Waals surface area contributed by atoms with Crippen LogP contribution in [-0.2, 0) is 16.1 Å². The molecule has 0 saturated heterocycles. The van der Waals surface area contributed by atoms with E-state index in [0.29, 0.717) is 0 Å². The fourth-order valence-corrected chi connectivity index (χ4v) is 1.94. The van der Waals surface area contributed by atoms with Gasteiger partial charge in [0, 0.05) is 18.8 Å². The molecule has 0 radical (unpaired) electrons. The lowest BCUT2D eigenvalue weighted by Crippen LogP contribution is -2.40. The average molecular weight is 250 g/mol. The molecule has 2 unspecified atom stereocenters. The van der Waals surface area contributed by atoms with Crippen LogP contribution in [0.2, 0.25) is 0 Å². The Bertz CT molecular complexity index is 367. The van der Waals surface area contributed by atoms with Gasteiger partial charge in [0.2, 0.25) is 0 Å². The number of aromatic nitrogens is 1. The van der Waals surface area contributed by atoms with Crippen molar-refractivity contribution >= 4 is 5.97 Å². The number of esters is 1. The minimum Gasteiger partial charge on any atom is -0.469 e. The van der Waals surface area contributed by atoms with Gasteiger partial charge in [0.05, 0.1) is 18.7 Å². The summed E-state index contributed by atoms with van der Waals surface area (Å²) in [7, 11) is 1.43. The molecule has 2 atom stereocenters. The first-order chi connectivity index (χ1) is 8.60. The van der Waals surface area contributed by atoms with Crippen LogP contribution < -0.4 is 0 Å². The van der Waals surface area contributed by atoms with Gasteiger partial charge in [0.15, 0.2) is 0 Å². The quantitative estimate of drug-likeness (QED) is 0.725. The molecule has 0 N–H and O–H groups in total. The summed E-state index contributed by atoms with van der Waals surface area (Å²) >= 11 is 0. The highest BCUT2D eigenvalue weighted by Crippen LogP contribution is 2.14. The standard InChI is InChI=1S/C14H22N2O2/c1-5-16(10-13-8-6-7-9-15-13)12(3)11(2)14(17)18-4/h6-9,11-12H,5,10H2,1-4H3. The van der Waals surface area contributed by atoms with Crippen LogP contribution in [0.5, 0.6) is 0 Å². The number of pyridine rings is 1. The molecule has 0 saturated carbocycles. The molecule has 0 aliphatic heterocycles. The van der Waals surface area contributed by atoms with Crippen molar-refractivity contribution in [1.29, 1.82) is 0 Å². The number of rotatable bonds is 6. The van der Waals surface area contributed by atoms with E-state index in [0.717, 1.165) is 18.8 Å². The van der Waals surface area contributed by atoms with Crippen LogP contribution in [0.25, 0.3) is 0 Å². The minimum absolute atomic E-state index is 0.129. The van der Waals surface area contributed by atoms with Crippen LogP contribution >= 0.6 is 0 Å². The lowest BCUT2D eigenvalue weighted by atomic mass is 10.0. The SMILES string of the molecule is CCN(Cc1ccccn1)C(C)C(C)C(=O)OC. The molecule has 4 nitrogen and oxygen atoms in total. The Labute approximate surface area is 109 Å². The molecule has 0 aliphatic rings. The molecule has 0 aliphatic carbocycles. The van der Waals surface area contributed by atoms with Crippen LogP contribution in [-0.4, -0.2) is 35.5 Å². The lowest BCUT2D eigenvalue weighted by molar-refractivity contribution is -0.147. The maximum absolute atomic E-state index is 11.6. The third kappa shape index (κ3) is 3.81. The normalized spacial score (nSPS) is 14.3. The number of nitrogens with zero attached hydrogens (tertiary/aromatic N) is 2. The van der Waals surface area contributed by atoms with Gasteiger partial charge in [0.1, 0.15) is 0 Å². The van der Waals surface area contributed by atoms with Crippen LogP contribution in [0.1, 0.15) is 26.5 Å². The molecule has 0 amide bonds. The van der Waals surface area contributed by atoms with Crippen molar-refractivity contribution in [2.24, 2.45) is 5.92 Å². The number of methoxy groups -OCH3 is 1. The molecule has 18 heavy (non-hydrogen) atoms.